The lowest BCUT2D eigenvalue weighted by molar-refractivity contribution is -0.138. The number of aliphatic carboxylic acids is 1. The lowest BCUT2D eigenvalue weighted by Gasteiger charge is -2.01. The highest BCUT2D eigenvalue weighted by molar-refractivity contribution is 5.78. The molecule has 130 valence electrons. The van der Waals surface area contributed by atoms with Crippen molar-refractivity contribution in [1.29, 1.82) is 0 Å². The second-order valence-corrected chi connectivity index (χ2v) is 5.25. The number of oxazole rings is 1. The van der Waals surface area contributed by atoms with Crippen LogP contribution in [0.25, 0.3) is 11.7 Å². The summed E-state index contributed by atoms with van der Waals surface area (Å²) in [4.78, 5) is 26.9. The molecule has 0 aliphatic carbocycles. The second-order valence-electron chi connectivity index (χ2n) is 5.25. The molecule has 0 atom stereocenters. The number of carbonyl (C=O) groups excluding carboxylic acids is 1. The molecule has 25 heavy (non-hydrogen) atoms. The van der Waals surface area contributed by atoms with Crippen molar-refractivity contribution in [3.05, 3.63) is 41.7 Å². The maximum Gasteiger partial charge on any atom is 0.325 e. The summed E-state index contributed by atoms with van der Waals surface area (Å²) in [5.74, 6) is 0.0604. The summed E-state index contributed by atoms with van der Waals surface area (Å²) >= 11 is 0. The van der Waals surface area contributed by atoms with Crippen LogP contribution in [-0.4, -0.2) is 37.0 Å². The fourth-order valence-electron chi connectivity index (χ4n) is 2.14. The maximum atomic E-state index is 12.1. The highest BCUT2D eigenvalue weighted by Crippen LogP contribution is 2.22. The molecular formula is C15H15N5O5. The van der Waals surface area contributed by atoms with Gasteiger partial charge in [0.1, 0.15) is 18.0 Å². The lowest BCUT2D eigenvalue weighted by Crippen LogP contribution is -2.25. The van der Waals surface area contributed by atoms with E-state index in [2.05, 4.69) is 20.6 Å². The summed E-state index contributed by atoms with van der Waals surface area (Å²) in [6.45, 7) is 1.58. The number of hydrogen-bond donors (Lipinski definition) is 2. The van der Waals surface area contributed by atoms with Gasteiger partial charge >= 0.3 is 5.97 Å². The molecule has 0 aliphatic rings. The van der Waals surface area contributed by atoms with Crippen molar-refractivity contribution in [3.8, 4) is 11.7 Å². The van der Waals surface area contributed by atoms with Crippen LogP contribution in [0.3, 0.4) is 0 Å². The summed E-state index contributed by atoms with van der Waals surface area (Å²) in [5, 5.41) is 18.8. The van der Waals surface area contributed by atoms with E-state index in [-0.39, 0.29) is 25.4 Å². The lowest BCUT2D eigenvalue weighted by atomic mass is 10.2. The van der Waals surface area contributed by atoms with Crippen LogP contribution in [0.4, 0.5) is 0 Å². The summed E-state index contributed by atoms with van der Waals surface area (Å²) in [5.41, 5.74) is 0.973. The third-order valence-electron chi connectivity index (χ3n) is 3.30. The quantitative estimate of drug-likeness (QED) is 0.641. The van der Waals surface area contributed by atoms with E-state index < -0.39 is 5.97 Å². The highest BCUT2D eigenvalue weighted by Gasteiger charge is 2.16. The van der Waals surface area contributed by atoms with E-state index >= 15 is 0 Å². The number of carbonyl (C=O) groups is 2. The Balaban J connectivity index is 1.56. The second kappa shape index (κ2) is 6.99. The van der Waals surface area contributed by atoms with Gasteiger partial charge < -0.3 is 19.3 Å². The Bertz CT molecular complexity index is 880. The first-order valence-corrected chi connectivity index (χ1v) is 7.39. The molecular weight excluding hydrogens is 330 g/mol. The molecule has 0 saturated carbocycles. The number of nitrogens with zero attached hydrogens (tertiary/aromatic N) is 4. The van der Waals surface area contributed by atoms with Crippen LogP contribution in [0.15, 0.2) is 33.4 Å². The Morgan fingerprint density at radius 2 is 2.24 bits per heavy atom. The molecule has 10 nitrogen and oxygen atoms in total. The summed E-state index contributed by atoms with van der Waals surface area (Å²) in [6.07, 6.45) is 3.02. The summed E-state index contributed by atoms with van der Waals surface area (Å²) in [7, 11) is 0. The number of carboxylic acid groups (broad SMARTS) is 1. The highest BCUT2D eigenvalue weighted by atomic mass is 16.4. The van der Waals surface area contributed by atoms with Crippen molar-refractivity contribution >= 4 is 11.9 Å². The van der Waals surface area contributed by atoms with Crippen molar-refractivity contribution in [2.24, 2.45) is 0 Å². The zero-order valence-corrected chi connectivity index (χ0v) is 13.3. The molecule has 10 heteroatoms. The minimum Gasteiger partial charge on any atom is -0.480 e. The molecule has 0 saturated heterocycles. The molecule has 0 aromatic carbocycles. The first-order valence-electron chi connectivity index (χ1n) is 7.39. The van der Waals surface area contributed by atoms with Crippen molar-refractivity contribution in [1.82, 2.24) is 25.3 Å². The van der Waals surface area contributed by atoms with Crippen LogP contribution in [0.5, 0.6) is 0 Å². The predicted octanol–water partition coefficient (Wildman–Crippen LogP) is 0.778. The van der Waals surface area contributed by atoms with E-state index in [0.29, 0.717) is 28.8 Å². The standard InChI is InChI=1S/C15H15N5O5/c1-9-11(17-15(25-9)12-3-2-4-24-12)5-13(21)16-6-10-7-20(19-18-10)8-14(22)23/h2-4,7H,5-6,8H2,1H3,(H,16,21)(H,22,23). The van der Waals surface area contributed by atoms with Crippen LogP contribution >= 0.6 is 0 Å². The Kier molecular flexibility index (Phi) is 4.59. The Morgan fingerprint density at radius 3 is 2.96 bits per heavy atom. The summed E-state index contributed by atoms with van der Waals surface area (Å²) < 4.78 is 11.9. The number of furan rings is 1. The number of nitrogens with one attached hydrogen (secondary N) is 1. The number of carboxylic acids is 1. The van der Waals surface area contributed by atoms with Crippen LogP contribution < -0.4 is 5.32 Å². The first-order chi connectivity index (χ1) is 12.0. The molecule has 0 unspecified atom stereocenters. The number of rotatable bonds is 7. The largest absolute Gasteiger partial charge is 0.480 e. The topological polar surface area (TPSA) is 136 Å². The molecule has 3 aromatic rings. The minimum absolute atomic E-state index is 0.0410. The van der Waals surface area contributed by atoms with Gasteiger partial charge in [-0.25, -0.2) is 9.67 Å². The minimum atomic E-state index is -1.02. The SMILES string of the molecule is Cc1oc(-c2ccco2)nc1CC(=O)NCc1cn(CC(=O)O)nn1. The van der Waals surface area contributed by atoms with Crippen molar-refractivity contribution in [3.63, 3.8) is 0 Å². The van der Waals surface area contributed by atoms with Gasteiger partial charge in [-0.1, -0.05) is 5.21 Å². The fourth-order valence-corrected chi connectivity index (χ4v) is 2.14. The number of amides is 1. The fraction of sp³-hybridized carbons (Fsp3) is 0.267. The molecule has 1 amide bonds. The van der Waals surface area contributed by atoms with Gasteiger partial charge in [-0.05, 0) is 19.1 Å². The first kappa shape index (κ1) is 16.4. The van der Waals surface area contributed by atoms with Crippen molar-refractivity contribution < 1.29 is 23.5 Å². The molecule has 0 aliphatic heterocycles. The molecule has 3 aromatic heterocycles. The van der Waals surface area contributed by atoms with Gasteiger partial charge in [0.25, 0.3) is 5.89 Å². The van der Waals surface area contributed by atoms with Crippen LogP contribution in [-0.2, 0) is 29.1 Å². The van der Waals surface area contributed by atoms with Crippen LogP contribution in [0.1, 0.15) is 17.1 Å². The van der Waals surface area contributed by atoms with Gasteiger partial charge in [-0.2, -0.15) is 0 Å². The predicted molar refractivity (Wildman–Crippen MR) is 82.2 cm³/mol. The zero-order valence-electron chi connectivity index (χ0n) is 13.3. The third-order valence-corrected chi connectivity index (χ3v) is 3.30. The monoisotopic (exact) mass is 345 g/mol. The maximum absolute atomic E-state index is 12.1. The average Bonchev–Trinajstić information content (AvgIpc) is 3.27. The number of aromatic nitrogens is 4. The molecule has 3 rings (SSSR count). The van der Waals surface area contributed by atoms with Crippen molar-refractivity contribution in [2.45, 2.75) is 26.4 Å². The van der Waals surface area contributed by atoms with E-state index in [1.165, 1.54) is 17.1 Å². The van der Waals surface area contributed by atoms with E-state index in [1.54, 1.807) is 19.1 Å². The Morgan fingerprint density at radius 1 is 1.40 bits per heavy atom. The third kappa shape index (κ3) is 4.10. The molecule has 3 heterocycles. The van der Waals surface area contributed by atoms with Gasteiger partial charge in [-0.3, -0.25) is 9.59 Å². The normalized spacial score (nSPS) is 10.8. The van der Waals surface area contributed by atoms with E-state index in [0.717, 1.165) is 0 Å². The zero-order chi connectivity index (χ0) is 17.8. The number of hydrogen-bond acceptors (Lipinski definition) is 7. The van der Waals surface area contributed by atoms with Crippen LogP contribution in [0, 0.1) is 6.92 Å². The van der Waals surface area contributed by atoms with E-state index in [4.69, 9.17) is 13.9 Å². The van der Waals surface area contributed by atoms with E-state index in [9.17, 15) is 9.59 Å². The Labute approximate surface area is 141 Å². The molecule has 2 N–H and O–H groups in total. The van der Waals surface area contributed by atoms with Gasteiger partial charge in [0.2, 0.25) is 5.91 Å². The number of aryl methyl sites for hydroxylation is 1. The summed E-state index contributed by atoms with van der Waals surface area (Å²) in [6, 6.07) is 3.44. The van der Waals surface area contributed by atoms with E-state index in [1.807, 2.05) is 0 Å². The van der Waals surface area contributed by atoms with Gasteiger partial charge in [0.15, 0.2) is 5.76 Å². The van der Waals surface area contributed by atoms with Gasteiger partial charge in [0, 0.05) is 0 Å². The van der Waals surface area contributed by atoms with Gasteiger partial charge in [-0.15, -0.1) is 5.10 Å². The van der Waals surface area contributed by atoms with Crippen LogP contribution in [0.2, 0.25) is 0 Å². The Hall–Kier alpha value is -3.43. The molecule has 0 spiro atoms. The van der Waals surface area contributed by atoms with Crippen molar-refractivity contribution in [2.75, 3.05) is 0 Å². The molecule has 0 bridgehead atoms. The molecule has 0 radical (unpaired) electrons. The molecule has 0 fully saturated rings. The van der Waals surface area contributed by atoms with Gasteiger partial charge in [0.05, 0.1) is 31.1 Å². The average molecular weight is 345 g/mol. The smallest absolute Gasteiger partial charge is 0.325 e.